The highest BCUT2D eigenvalue weighted by atomic mass is 32.1. The zero-order valence-corrected chi connectivity index (χ0v) is 11.9. The lowest BCUT2D eigenvalue weighted by atomic mass is 9.97. The number of thiophene rings is 1. The molecule has 21 heavy (non-hydrogen) atoms. The predicted octanol–water partition coefficient (Wildman–Crippen LogP) is 2.83. The number of hydrogen-bond donors (Lipinski definition) is 1. The number of alkyl halides is 3. The number of nitrogens with zero attached hydrogens (tertiary/aromatic N) is 2. The molecule has 1 aromatic rings. The summed E-state index contributed by atoms with van der Waals surface area (Å²) >= 11 is 1.22. The summed E-state index contributed by atoms with van der Waals surface area (Å²) in [6, 6.07) is 3.53. The molecule has 8 heteroatoms. The van der Waals surface area contributed by atoms with E-state index in [0.29, 0.717) is 23.5 Å². The fraction of sp³-hybridized carbons (Fsp3) is 0.538. The van der Waals surface area contributed by atoms with Crippen LogP contribution < -0.4 is 5.32 Å². The van der Waals surface area contributed by atoms with Crippen molar-refractivity contribution in [2.45, 2.75) is 19.0 Å². The maximum absolute atomic E-state index is 12.7. The van der Waals surface area contributed by atoms with Gasteiger partial charge in [0.25, 0.3) is 0 Å². The van der Waals surface area contributed by atoms with Crippen LogP contribution in [0.25, 0.3) is 0 Å². The van der Waals surface area contributed by atoms with Crippen molar-refractivity contribution in [2.24, 2.45) is 5.92 Å². The van der Waals surface area contributed by atoms with Gasteiger partial charge in [0, 0.05) is 6.54 Å². The second kappa shape index (κ2) is 6.45. The number of piperidine rings is 1. The second-order valence-electron chi connectivity index (χ2n) is 4.94. The van der Waals surface area contributed by atoms with E-state index in [4.69, 9.17) is 5.26 Å². The first kappa shape index (κ1) is 15.8. The van der Waals surface area contributed by atoms with E-state index in [1.54, 1.807) is 11.4 Å². The van der Waals surface area contributed by atoms with Crippen LogP contribution in [0.3, 0.4) is 0 Å². The number of carbonyl (C=O) groups excluding carboxylic acids is 1. The van der Waals surface area contributed by atoms with Crippen molar-refractivity contribution >= 4 is 22.2 Å². The summed E-state index contributed by atoms with van der Waals surface area (Å²) in [4.78, 5) is 13.4. The molecule has 1 aromatic heterocycles. The van der Waals surface area contributed by atoms with Crippen LogP contribution in [0.15, 0.2) is 11.4 Å². The van der Waals surface area contributed by atoms with Crippen molar-refractivity contribution in [3.63, 3.8) is 0 Å². The van der Waals surface area contributed by atoms with Crippen molar-refractivity contribution < 1.29 is 18.0 Å². The zero-order valence-electron chi connectivity index (χ0n) is 11.1. The molecule has 1 amide bonds. The number of amides is 1. The summed E-state index contributed by atoms with van der Waals surface area (Å²) in [6.45, 7) is 0.247. The minimum atomic E-state index is -4.21. The van der Waals surface area contributed by atoms with E-state index in [9.17, 15) is 18.0 Å². The van der Waals surface area contributed by atoms with E-state index in [1.165, 1.54) is 16.2 Å². The molecule has 114 valence electrons. The Kier molecular flexibility index (Phi) is 4.85. The number of anilines is 1. The Morgan fingerprint density at radius 2 is 2.33 bits per heavy atom. The van der Waals surface area contributed by atoms with Crippen LogP contribution in [-0.4, -0.2) is 36.6 Å². The van der Waals surface area contributed by atoms with Gasteiger partial charge in [0.1, 0.15) is 11.1 Å². The summed E-state index contributed by atoms with van der Waals surface area (Å²) in [7, 11) is 0. The van der Waals surface area contributed by atoms with Crippen LogP contribution in [0.1, 0.15) is 18.4 Å². The van der Waals surface area contributed by atoms with Gasteiger partial charge in [-0.1, -0.05) is 0 Å². The fourth-order valence-electron chi connectivity index (χ4n) is 2.33. The highest BCUT2D eigenvalue weighted by Crippen LogP contribution is 2.33. The molecular formula is C13H14F3N3OS. The van der Waals surface area contributed by atoms with Gasteiger partial charge >= 0.3 is 6.18 Å². The van der Waals surface area contributed by atoms with Gasteiger partial charge in [-0.2, -0.15) is 18.4 Å². The van der Waals surface area contributed by atoms with Crippen LogP contribution in [0.2, 0.25) is 0 Å². The summed E-state index contributed by atoms with van der Waals surface area (Å²) in [5.74, 6) is -1.76. The quantitative estimate of drug-likeness (QED) is 0.932. The summed E-state index contributed by atoms with van der Waals surface area (Å²) in [6.07, 6.45) is -3.66. The monoisotopic (exact) mass is 317 g/mol. The Labute approximate surface area is 124 Å². The molecule has 0 aliphatic carbocycles. The van der Waals surface area contributed by atoms with Crippen LogP contribution in [0, 0.1) is 17.2 Å². The molecule has 0 unspecified atom stereocenters. The van der Waals surface area contributed by atoms with Crippen molar-refractivity contribution in [3.8, 4) is 6.07 Å². The molecule has 1 atom stereocenters. The average molecular weight is 317 g/mol. The minimum Gasteiger partial charge on any atom is -0.315 e. The van der Waals surface area contributed by atoms with Gasteiger partial charge in [-0.3, -0.25) is 9.69 Å². The average Bonchev–Trinajstić information content (AvgIpc) is 2.85. The van der Waals surface area contributed by atoms with Crippen LogP contribution in [-0.2, 0) is 4.79 Å². The molecule has 1 fully saturated rings. The first-order chi connectivity index (χ1) is 9.90. The third-order valence-electron chi connectivity index (χ3n) is 3.37. The van der Waals surface area contributed by atoms with Gasteiger partial charge in [-0.05, 0) is 30.8 Å². The number of halogens is 3. The first-order valence-corrected chi connectivity index (χ1v) is 7.34. The van der Waals surface area contributed by atoms with Crippen LogP contribution in [0.5, 0.6) is 0 Å². The van der Waals surface area contributed by atoms with Crippen LogP contribution >= 0.6 is 11.3 Å². The van der Waals surface area contributed by atoms with Crippen molar-refractivity contribution in [2.75, 3.05) is 25.0 Å². The molecule has 0 bridgehead atoms. The molecule has 0 aromatic carbocycles. The molecule has 2 rings (SSSR count). The van der Waals surface area contributed by atoms with E-state index in [0.717, 1.165) is 0 Å². The Morgan fingerprint density at radius 3 is 3.00 bits per heavy atom. The number of nitrogens with one attached hydrogen (secondary N) is 1. The standard InChI is InChI=1S/C13H14F3N3OS/c14-13(15,16)10-2-1-4-19(7-10)8-11(20)18-12-9(6-17)3-5-21-12/h3,5,10H,1-2,4,7-8H2,(H,18,20)/t10-/m1/s1. The van der Waals surface area contributed by atoms with Crippen molar-refractivity contribution in [1.82, 2.24) is 4.90 Å². The highest BCUT2D eigenvalue weighted by molar-refractivity contribution is 7.14. The lowest BCUT2D eigenvalue weighted by molar-refractivity contribution is -0.186. The van der Waals surface area contributed by atoms with Crippen molar-refractivity contribution in [1.29, 1.82) is 5.26 Å². The Hall–Kier alpha value is -1.59. The molecule has 2 heterocycles. The Balaban J connectivity index is 1.90. The van der Waals surface area contributed by atoms with Gasteiger partial charge in [0.05, 0.1) is 18.0 Å². The Bertz CT molecular complexity index is 550. The molecule has 1 N–H and O–H groups in total. The number of hydrogen-bond acceptors (Lipinski definition) is 4. The number of likely N-dealkylation sites (tertiary alicyclic amines) is 1. The Morgan fingerprint density at radius 1 is 1.57 bits per heavy atom. The van der Waals surface area contributed by atoms with Gasteiger partial charge in [0.2, 0.25) is 5.91 Å². The normalized spacial score (nSPS) is 20.0. The third kappa shape index (κ3) is 4.19. The van der Waals surface area contributed by atoms with Gasteiger partial charge in [-0.25, -0.2) is 0 Å². The molecule has 1 saturated heterocycles. The van der Waals surface area contributed by atoms with E-state index < -0.39 is 18.0 Å². The van der Waals surface area contributed by atoms with E-state index in [2.05, 4.69) is 5.32 Å². The van der Waals surface area contributed by atoms with Crippen molar-refractivity contribution in [3.05, 3.63) is 17.0 Å². The van der Waals surface area contributed by atoms with E-state index in [1.807, 2.05) is 6.07 Å². The third-order valence-corrected chi connectivity index (χ3v) is 4.20. The lowest BCUT2D eigenvalue weighted by Gasteiger charge is -2.33. The topological polar surface area (TPSA) is 56.1 Å². The number of nitriles is 1. The maximum Gasteiger partial charge on any atom is 0.393 e. The fourth-order valence-corrected chi connectivity index (χ4v) is 3.08. The molecule has 0 saturated carbocycles. The summed E-state index contributed by atoms with van der Waals surface area (Å²) < 4.78 is 38.1. The van der Waals surface area contributed by atoms with E-state index in [-0.39, 0.29) is 19.5 Å². The van der Waals surface area contributed by atoms with Gasteiger partial charge in [-0.15, -0.1) is 11.3 Å². The summed E-state index contributed by atoms with van der Waals surface area (Å²) in [5.41, 5.74) is 0.361. The molecular weight excluding hydrogens is 303 g/mol. The largest absolute Gasteiger partial charge is 0.393 e. The lowest BCUT2D eigenvalue weighted by Crippen LogP contribution is -2.44. The molecule has 1 aliphatic heterocycles. The minimum absolute atomic E-state index is 0.0879. The smallest absolute Gasteiger partial charge is 0.315 e. The van der Waals surface area contributed by atoms with Gasteiger partial charge in [0.15, 0.2) is 0 Å². The molecule has 1 aliphatic rings. The molecule has 0 radical (unpaired) electrons. The summed E-state index contributed by atoms with van der Waals surface area (Å²) in [5, 5.41) is 13.5. The predicted molar refractivity (Wildman–Crippen MR) is 72.9 cm³/mol. The second-order valence-corrected chi connectivity index (χ2v) is 5.86. The number of carbonyl (C=O) groups is 1. The van der Waals surface area contributed by atoms with Crippen LogP contribution in [0.4, 0.5) is 18.2 Å². The maximum atomic E-state index is 12.7. The van der Waals surface area contributed by atoms with Gasteiger partial charge < -0.3 is 5.32 Å². The zero-order chi connectivity index (χ0) is 15.5. The van der Waals surface area contributed by atoms with E-state index >= 15 is 0 Å². The highest BCUT2D eigenvalue weighted by Gasteiger charge is 2.41. The molecule has 4 nitrogen and oxygen atoms in total. The SMILES string of the molecule is N#Cc1ccsc1NC(=O)CN1CCC[C@@H](C(F)(F)F)C1. The first-order valence-electron chi connectivity index (χ1n) is 6.46. The molecule has 0 spiro atoms. The number of rotatable bonds is 3.